The number of methoxy groups -OCH3 is 1. The lowest BCUT2D eigenvalue weighted by Gasteiger charge is -2.14. The number of sulfonamides is 1. The van der Waals surface area contributed by atoms with Gasteiger partial charge >= 0.3 is 0 Å². The van der Waals surface area contributed by atoms with Gasteiger partial charge in [0.2, 0.25) is 10.0 Å². The van der Waals surface area contributed by atoms with E-state index in [0.717, 1.165) is 22.5 Å². The highest BCUT2D eigenvalue weighted by atomic mass is 32.2. The summed E-state index contributed by atoms with van der Waals surface area (Å²) in [5.74, 6) is 0.842. The third-order valence-corrected chi connectivity index (χ3v) is 6.94. The van der Waals surface area contributed by atoms with Gasteiger partial charge in [0.05, 0.1) is 12.0 Å². The zero-order valence-electron chi connectivity index (χ0n) is 17.8. The first-order valence-electron chi connectivity index (χ1n) is 9.73. The van der Waals surface area contributed by atoms with Crippen LogP contribution in [0.25, 0.3) is 16.8 Å². The van der Waals surface area contributed by atoms with Crippen molar-refractivity contribution in [1.82, 2.24) is 18.9 Å². The van der Waals surface area contributed by atoms with Gasteiger partial charge in [0.1, 0.15) is 23.7 Å². The van der Waals surface area contributed by atoms with Crippen molar-refractivity contribution in [2.24, 2.45) is 0 Å². The van der Waals surface area contributed by atoms with Gasteiger partial charge in [0, 0.05) is 37.8 Å². The van der Waals surface area contributed by atoms with E-state index in [1.54, 1.807) is 41.1 Å². The molecule has 0 saturated heterocycles. The molecule has 8 nitrogen and oxygen atoms in total. The summed E-state index contributed by atoms with van der Waals surface area (Å²) >= 11 is 0. The zero-order valence-corrected chi connectivity index (χ0v) is 18.6. The normalized spacial score (nSPS) is 11.8. The molecule has 0 spiro atoms. The predicted molar refractivity (Wildman–Crippen MR) is 120 cm³/mol. The summed E-state index contributed by atoms with van der Waals surface area (Å²) in [6.45, 7) is 0.410. The van der Waals surface area contributed by atoms with Crippen molar-refractivity contribution in [3.05, 3.63) is 72.3 Å². The van der Waals surface area contributed by atoms with Crippen LogP contribution in [0.15, 0.2) is 65.8 Å². The lowest BCUT2D eigenvalue weighted by molar-refractivity contribution is 0.406. The van der Waals surface area contributed by atoms with E-state index in [9.17, 15) is 12.8 Å². The Labute approximate surface area is 185 Å². The molecule has 0 radical (unpaired) electrons. The summed E-state index contributed by atoms with van der Waals surface area (Å²) in [7, 11) is 0.993. The van der Waals surface area contributed by atoms with Gasteiger partial charge in [-0.1, -0.05) is 18.2 Å². The Bertz CT molecular complexity index is 1370. The minimum absolute atomic E-state index is 0.218. The average molecular weight is 456 g/mol. The molecule has 1 N–H and O–H groups in total. The standard InChI is InChI=1S/C22H22FN5O3S/c1-27(2)32(29,30)18-8-5-15(6-9-18)19-10-11-21(28-14-25-26-22(19)28)24-13-16-4-7-17(23)12-20(16)31-3/h4-12,14,24H,13H2,1-3H3. The van der Waals surface area contributed by atoms with Gasteiger partial charge < -0.3 is 10.1 Å². The second-order valence-electron chi connectivity index (χ2n) is 7.28. The average Bonchev–Trinajstić information content (AvgIpc) is 3.28. The number of halogens is 1. The molecule has 0 aliphatic heterocycles. The van der Waals surface area contributed by atoms with Crippen LogP contribution in [0.3, 0.4) is 0 Å². The molecule has 32 heavy (non-hydrogen) atoms. The third kappa shape index (κ3) is 4.02. The summed E-state index contributed by atoms with van der Waals surface area (Å²) in [4.78, 5) is 0.218. The number of nitrogens with one attached hydrogen (secondary N) is 1. The van der Waals surface area contributed by atoms with Gasteiger partial charge in [-0.2, -0.15) is 0 Å². The number of rotatable bonds is 7. The number of fused-ring (bicyclic) bond motifs is 1. The number of anilines is 1. The van der Waals surface area contributed by atoms with Crippen LogP contribution in [0.4, 0.5) is 10.2 Å². The maximum absolute atomic E-state index is 13.4. The van der Waals surface area contributed by atoms with E-state index < -0.39 is 10.0 Å². The van der Waals surface area contributed by atoms with Crippen LogP contribution in [0.5, 0.6) is 5.75 Å². The second-order valence-corrected chi connectivity index (χ2v) is 9.43. The van der Waals surface area contributed by atoms with E-state index in [4.69, 9.17) is 4.74 Å². The van der Waals surface area contributed by atoms with Crippen molar-refractivity contribution < 1.29 is 17.5 Å². The second kappa shape index (κ2) is 8.56. The van der Waals surface area contributed by atoms with Crippen LogP contribution in [0, 0.1) is 5.82 Å². The summed E-state index contributed by atoms with van der Waals surface area (Å²) < 4.78 is 46.3. The molecule has 10 heteroatoms. The number of ether oxygens (including phenoxy) is 1. The highest BCUT2D eigenvalue weighted by molar-refractivity contribution is 7.89. The highest BCUT2D eigenvalue weighted by Gasteiger charge is 2.17. The minimum Gasteiger partial charge on any atom is -0.496 e. The largest absolute Gasteiger partial charge is 0.496 e. The van der Waals surface area contributed by atoms with Crippen LogP contribution in [-0.4, -0.2) is 48.5 Å². The van der Waals surface area contributed by atoms with E-state index in [1.165, 1.54) is 37.6 Å². The van der Waals surface area contributed by atoms with Crippen molar-refractivity contribution in [1.29, 1.82) is 0 Å². The Morgan fingerprint density at radius 2 is 1.84 bits per heavy atom. The molecule has 4 aromatic rings. The fraction of sp³-hybridized carbons (Fsp3) is 0.182. The van der Waals surface area contributed by atoms with Crippen molar-refractivity contribution in [3.63, 3.8) is 0 Å². The number of nitrogens with zero attached hydrogens (tertiary/aromatic N) is 4. The molecular formula is C22H22FN5O3S. The molecule has 0 aliphatic carbocycles. The van der Waals surface area contributed by atoms with E-state index >= 15 is 0 Å². The molecule has 4 rings (SSSR count). The summed E-state index contributed by atoms with van der Waals surface area (Å²) in [5.41, 5.74) is 3.04. The predicted octanol–water partition coefficient (Wildman–Crippen LogP) is 3.41. The van der Waals surface area contributed by atoms with Crippen LogP contribution >= 0.6 is 0 Å². The Morgan fingerprint density at radius 1 is 1.09 bits per heavy atom. The number of aromatic nitrogens is 3. The zero-order chi connectivity index (χ0) is 22.9. The fourth-order valence-corrected chi connectivity index (χ4v) is 4.25. The van der Waals surface area contributed by atoms with Crippen molar-refractivity contribution in [3.8, 4) is 16.9 Å². The summed E-state index contributed by atoms with van der Waals surface area (Å²) in [6, 6.07) is 14.8. The number of hydrogen-bond acceptors (Lipinski definition) is 6. The van der Waals surface area contributed by atoms with Gasteiger partial charge in [-0.05, 0) is 35.9 Å². The number of pyridine rings is 1. The van der Waals surface area contributed by atoms with Crippen molar-refractivity contribution >= 4 is 21.5 Å². The van der Waals surface area contributed by atoms with Crippen LogP contribution in [0.1, 0.15) is 5.56 Å². The maximum atomic E-state index is 13.4. The minimum atomic E-state index is -3.50. The highest BCUT2D eigenvalue weighted by Crippen LogP contribution is 2.28. The Kier molecular flexibility index (Phi) is 5.81. The van der Waals surface area contributed by atoms with Gasteiger partial charge in [-0.15, -0.1) is 10.2 Å². The molecule has 0 fully saturated rings. The van der Waals surface area contributed by atoms with Gasteiger partial charge in [-0.3, -0.25) is 4.40 Å². The molecule has 0 atom stereocenters. The number of benzene rings is 2. The first kappa shape index (κ1) is 21.7. The Hall–Kier alpha value is -3.50. The number of hydrogen-bond donors (Lipinski definition) is 1. The topological polar surface area (TPSA) is 88.8 Å². The molecule has 0 aliphatic rings. The first-order chi connectivity index (χ1) is 15.3. The molecule has 0 bridgehead atoms. The van der Waals surface area contributed by atoms with E-state index in [0.29, 0.717) is 17.9 Å². The van der Waals surface area contributed by atoms with Crippen molar-refractivity contribution in [2.45, 2.75) is 11.4 Å². The van der Waals surface area contributed by atoms with E-state index in [1.807, 2.05) is 12.1 Å². The Morgan fingerprint density at radius 3 is 2.53 bits per heavy atom. The molecule has 2 aromatic heterocycles. The molecule has 2 heterocycles. The van der Waals surface area contributed by atoms with E-state index in [-0.39, 0.29) is 10.7 Å². The summed E-state index contributed by atoms with van der Waals surface area (Å²) in [6.07, 6.45) is 1.59. The fourth-order valence-electron chi connectivity index (χ4n) is 3.35. The molecule has 0 unspecified atom stereocenters. The van der Waals surface area contributed by atoms with Crippen LogP contribution in [0.2, 0.25) is 0 Å². The SMILES string of the molecule is COc1cc(F)ccc1CNc1ccc(-c2ccc(S(=O)(=O)N(C)C)cc2)c2nncn12. The molecule has 2 aromatic carbocycles. The first-order valence-corrected chi connectivity index (χ1v) is 11.2. The van der Waals surface area contributed by atoms with Crippen LogP contribution in [-0.2, 0) is 16.6 Å². The lowest BCUT2D eigenvalue weighted by atomic mass is 10.1. The smallest absolute Gasteiger partial charge is 0.242 e. The molecular weight excluding hydrogens is 433 g/mol. The van der Waals surface area contributed by atoms with Gasteiger partial charge in [0.15, 0.2) is 5.65 Å². The quantitative estimate of drug-likeness (QED) is 0.460. The monoisotopic (exact) mass is 455 g/mol. The molecule has 0 amide bonds. The maximum Gasteiger partial charge on any atom is 0.242 e. The van der Waals surface area contributed by atoms with Gasteiger partial charge in [0.25, 0.3) is 0 Å². The van der Waals surface area contributed by atoms with Gasteiger partial charge in [-0.25, -0.2) is 17.1 Å². The molecule has 0 saturated carbocycles. The third-order valence-electron chi connectivity index (χ3n) is 5.11. The Balaban J connectivity index is 1.63. The molecule has 166 valence electrons. The lowest BCUT2D eigenvalue weighted by Crippen LogP contribution is -2.22. The summed E-state index contributed by atoms with van der Waals surface area (Å²) in [5, 5.41) is 11.6. The van der Waals surface area contributed by atoms with Crippen LogP contribution < -0.4 is 10.1 Å². The van der Waals surface area contributed by atoms with E-state index in [2.05, 4.69) is 15.5 Å². The van der Waals surface area contributed by atoms with Crippen molar-refractivity contribution in [2.75, 3.05) is 26.5 Å².